The fourth-order valence-corrected chi connectivity index (χ4v) is 3.00. The van der Waals surface area contributed by atoms with Gasteiger partial charge in [0.15, 0.2) is 5.82 Å². The number of nitrogens with zero attached hydrogens (tertiary/aromatic N) is 3. The minimum absolute atomic E-state index is 0.739. The molecule has 21 heavy (non-hydrogen) atoms. The first-order valence-corrected chi connectivity index (χ1v) is 7.77. The molecule has 112 valence electrons. The number of aryl methyl sites for hydroxylation is 3. The van der Waals surface area contributed by atoms with Crippen molar-refractivity contribution in [3.05, 3.63) is 22.7 Å². The first-order valence-electron chi connectivity index (χ1n) is 7.77. The van der Waals surface area contributed by atoms with Gasteiger partial charge in [-0.15, -0.1) is 0 Å². The summed E-state index contributed by atoms with van der Waals surface area (Å²) in [6.07, 6.45) is 5.80. The molecule has 0 saturated heterocycles. The summed E-state index contributed by atoms with van der Waals surface area (Å²) in [5.41, 5.74) is 4.27. The zero-order chi connectivity index (χ0) is 14.8. The highest BCUT2D eigenvalue weighted by Gasteiger charge is 2.20. The second kappa shape index (κ2) is 5.84. The lowest BCUT2D eigenvalue weighted by atomic mass is 10.1. The van der Waals surface area contributed by atoms with Gasteiger partial charge in [-0.25, -0.2) is 9.97 Å². The van der Waals surface area contributed by atoms with Crippen molar-refractivity contribution in [3.63, 3.8) is 0 Å². The number of rotatable bonds is 3. The van der Waals surface area contributed by atoms with Crippen LogP contribution in [-0.2, 0) is 12.8 Å². The van der Waals surface area contributed by atoms with Crippen molar-refractivity contribution in [1.82, 2.24) is 15.1 Å². The topological polar surface area (TPSA) is 63.8 Å². The quantitative estimate of drug-likeness (QED) is 0.875. The molecule has 0 aliphatic heterocycles. The van der Waals surface area contributed by atoms with E-state index in [1.165, 1.54) is 30.5 Å². The molecule has 5 heteroatoms. The smallest absolute Gasteiger partial charge is 0.167 e. The molecule has 0 radical (unpaired) electrons. The van der Waals surface area contributed by atoms with E-state index >= 15 is 0 Å². The summed E-state index contributed by atoms with van der Waals surface area (Å²) in [4.78, 5) is 9.59. The average molecular weight is 286 g/mol. The molecule has 1 N–H and O–H groups in total. The van der Waals surface area contributed by atoms with Crippen LogP contribution < -0.4 is 5.32 Å². The maximum Gasteiger partial charge on any atom is 0.167 e. The lowest BCUT2D eigenvalue weighted by molar-refractivity contribution is 0.393. The van der Waals surface area contributed by atoms with Gasteiger partial charge in [0.1, 0.15) is 11.6 Å². The molecule has 0 saturated carbocycles. The van der Waals surface area contributed by atoms with E-state index in [1.807, 2.05) is 13.8 Å². The van der Waals surface area contributed by atoms with Gasteiger partial charge in [-0.2, -0.15) is 0 Å². The van der Waals surface area contributed by atoms with Crippen molar-refractivity contribution in [2.45, 2.75) is 52.9 Å². The van der Waals surface area contributed by atoms with Gasteiger partial charge in [-0.05, 0) is 46.5 Å². The fraction of sp³-hybridized carbons (Fsp3) is 0.562. The van der Waals surface area contributed by atoms with Crippen LogP contribution in [0.5, 0.6) is 0 Å². The van der Waals surface area contributed by atoms with Gasteiger partial charge in [-0.1, -0.05) is 11.6 Å². The van der Waals surface area contributed by atoms with E-state index < -0.39 is 0 Å². The van der Waals surface area contributed by atoms with Crippen LogP contribution in [0.3, 0.4) is 0 Å². The van der Waals surface area contributed by atoms with Crippen LogP contribution in [-0.4, -0.2) is 21.7 Å². The molecule has 2 aromatic heterocycles. The Morgan fingerprint density at radius 1 is 1.10 bits per heavy atom. The Kier molecular flexibility index (Phi) is 3.90. The lowest BCUT2D eigenvalue weighted by Gasteiger charge is -2.14. The van der Waals surface area contributed by atoms with E-state index in [-0.39, 0.29) is 0 Å². The number of anilines is 1. The largest absolute Gasteiger partial charge is 0.370 e. The second-order valence-corrected chi connectivity index (χ2v) is 5.61. The van der Waals surface area contributed by atoms with Gasteiger partial charge in [0.05, 0.1) is 11.3 Å². The lowest BCUT2D eigenvalue weighted by Crippen LogP contribution is -2.09. The number of aromatic nitrogens is 3. The van der Waals surface area contributed by atoms with Crippen LogP contribution >= 0.6 is 0 Å². The molecule has 0 bridgehead atoms. The van der Waals surface area contributed by atoms with E-state index in [0.29, 0.717) is 0 Å². The third-order valence-corrected chi connectivity index (χ3v) is 4.03. The van der Waals surface area contributed by atoms with E-state index in [9.17, 15) is 0 Å². The van der Waals surface area contributed by atoms with E-state index in [1.54, 1.807) is 0 Å². The Morgan fingerprint density at radius 3 is 2.62 bits per heavy atom. The Labute approximate surface area is 125 Å². The molecule has 2 heterocycles. The van der Waals surface area contributed by atoms with Crippen molar-refractivity contribution < 1.29 is 4.52 Å². The highest BCUT2D eigenvalue weighted by molar-refractivity contribution is 5.63. The Morgan fingerprint density at radius 2 is 1.90 bits per heavy atom. The van der Waals surface area contributed by atoms with Gasteiger partial charge in [-0.3, -0.25) is 0 Å². The van der Waals surface area contributed by atoms with Gasteiger partial charge in [0.25, 0.3) is 0 Å². The van der Waals surface area contributed by atoms with Crippen LogP contribution in [0.15, 0.2) is 4.52 Å². The molecular formula is C16H22N4O. The summed E-state index contributed by atoms with van der Waals surface area (Å²) < 4.78 is 5.27. The summed E-state index contributed by atoms with van der Waals surface area (Å²) in [6, 6.07) is 0. The third kappa shape index (κ3) is 2.64. The van der Waals surface area contributed by atoms with Gasteiger partial charge in [0, 0.05) is 17.8 Å². The van der Waals surface area contributed by atoms with Crippen molar-refractivity contribution in [2.75, 3.05) is 11.9 Å². The molecule has 1 aliphatic carbocycles. The Hall–Kier alpha value is -1.91. The normalized spacial score (nSPS) is 14.6. The monoisotopic (exact) mass is 286 g/mol. The number of hydrogen-bond acceptors (Lipinski definition) is 5. The first-order chi connectivity index (χ1) is 10.2. The summed E-state index contributed by atoms with van der Waals surface area (Å²) in [5.74, 6) is 2.51. The van der Waals surface area contributed by atoms with Gasteiger partial charge >= 0.3 is 0 Å². The van der Waals surface area contributed by atoms with Crippen LogP contribution in [0.1, 0.15) is 48.9 Å². The molecule has 3 rings (SSSR count). The van der Waals surface area contributed by atoms with Crippen molar-refractivity contribution in [2.24, 2.45) is 0 Å². The number of hydrogen-bond donors (Lipinski definition) is 1. The van der Waals surface area contributed by atoms with Crippen molar-refractivity contribution >= 4 is 5.82 Å². The van der Waals surface area contributed by atoms with Crippen molar-refractivity contribution in [1.29, 1.82) is 0 Å². The molecule has 0 atom stereocenters. The van der Waals surface area contributed by atoms with E-state index in [2.05, 4.69) is 17.4 Å². The molecule has 2 aromatic rings. The molecule has 0 aromatic carbocycles. The predicted molar refractivity (Wildman–Crippen MR) is 82.4 cm³/mol. The maximum atomic E-state index is 5.27. The van der Waals surface area contributed by atoms with E-state index in [0.717, 1.165) is 48.0 Å². The predicted octanol–water partition coefficient (Wildman–Crippen LogP) is 3.45. The first kappa shape index (κ1) is 14.0. The van der Waals surface area contributed by atoms with E-state index in [4.69, 9.17) is 14.5 Å². The molecule has 0 amide bonds. The van der Waals surface area contributed by atoms with Crippen LogP contribution in [0.2, 0.25) is 0 Å². The molecule has 0 unspecified atom stereocenters. The fourth-order valence-electron chi connectivity index (χ4n) is 3.00. The molecule has 5 nitrogen and oxygen atoms in total. The molecule has 0 fully saturated rings. The van der Waals surface area contributed by atoms with Crippen LogP contribution in [0.25, 0.3) is 11.4 Å². The van der Waals surface area contributed by atoms with Crippen LogP contribution in [0.4, 0.5) is 5.82 Å². The SMILES string of the molecule is CCNc1nc(-c2c(C)noc2C)nc2c1CCCCC2. The van der Waals surface area contributed by atoms with Crippen molar-refractivity contribution in [3.8, 4) is 11.4 Å². The minimum atomic E-state index is 0.739. The molecule has 0 spiro atoms. The van der Waals surface area contributed by atoms with Gasteiger partial charge < -0.3 is 9.84 Å². The second-order valence-electron chi connectivity index (χ2n) is 5.61. The Bertz CT molecular complexity index is 628. The summed E-state index contributed by atoms with van der Waals surface area (Å²) in [6.45, 7) is 6.82. The Balaban J connectivity index is 2.14. The highest BCUT2D eigenvalue weighted by Crippen LogP contribution is 2.30. The highest BCUT2D eigenvalue weighted by atomic mass is 16.5. The standard InChI is InChI=1S/C16H22N4O/c1-4-17-15-12-8-6-5-7-9-13(12)18-16(19-15)14-10(2)20-21-11(14)3/h4-9H2,1-3H3,(H,17,18,19). The number of nitrogens with one attached hydrogen (secondary N) is 1. The zero-order valence-electron chi connectivity index (χ0n) is 13.0. The maximum absolute atomic E-state index is 5.27. The zero-order valence-corrected chi connectivity index (χ0v) is 13.0. The summed E-state index contributed by atoms with van der Waals surface area (Å²) >= 11 is 0. The van der Waals surface area contributed by atoms with Crippen LogP contribution in [0, 0.1) is 13.8 Å². The minimum Gasteiger partial charge on any atom is -0.370 e. The molecule has 1 aliphatic rings. The summed E-state index contributed by atoms with van der Waals surface area (Å²) in [5, 5.41) is 7.43. The number of fused-ring (bicyclic) bond motifs is 1. The molecular weight excluding hydrogens is 264 g/mol. The average Bonchev–Trinajstić information content (AvgIpc) is 2.67. The third-order valence-electron chi connectivity index (χ3n) is 4.03. The van der Waals surface area contributed by atoms with Gasteiger partial charge in [0.2, 0.25) is 0 Å². The summed E-state index contributed by atoms with van der Waals surface area (Å²) in [7, 11) is 0.